The predicted molar refractivity (Wildman–Crippen MR) is 81.1 cm³/mol. The summed E-state index contributed by atoms with van der Waals surface area (Å²) in [7, 11) is 0. The molecule has 0 saturated heterocycles. The summed E-state index contributed by atoms with van der Waals surface area (Å²) in [5, 5.41) is 8.14. The van der Waals surface area contributed by atoms with Crippen molar-refractivity contribution in [3.8, 4) is 5.82 Å². The highest BCUT2D eigenvalue weighted by molar-refractivity contribution is 14.1. The Labute approximate surface area is 125 Å². The summed E-state index contributed by atoms with van der Waals surface area (Å²) in [4.78, 5) is 4.36. The molecule has 0 aliphatic heterocycles. The maximum Gasteiger partial charge on any atom is 0.172 e. The molecule has 0 amide bonds. The van der Waals surface area contributed by atoms with Crippen molar-refractivity contribution in [2.45, 2.75) is 26.4 Å². The highest BCUT2D eigenvalue weighted by Gasteiger charge is 2.07. The lowest BCUT2D eigenvalue weighted by atomic mass is 10.2. The van der Waals surface area contributed by atoms with Crippen LogP contribution in [0.1, 0.15) is 19.4 Å². The van der Waals surface area contributed by atoms with E-state index in [1.165, 1.54) is 0 Å². The molecular formula is C12H14ClIN4. The first-order valence-corrected chi connectivity index (χ1v) is 7.10. The average Bonchev–Trinajstić information content (AvgIpc) is 2.73. The molecule has 1 N–H and O–H groups in total. The van der Waals surface area contributed by atoms with Crippen LogP contribution in [-0.2, 0) is 6.54 Å². The van der Waals surface area contributed by atoms with E-state index in [0.717, 1.165) is 15.7 Å². The lowest BCUT2D eigenvalue weighted by molar-refractivity contribution is 0.587. The zero-order valence-corrected chi connectivity index (χ0v) is 13.1. The van der Waals surface area contributed by atoms with Gasteiger partial charge in [-0.1, -0.05) is 25.4 Å². The Morgan fingerprint density at radius 1 is 1.44 bits per heavy atom. The number of aromatic nitrogens is 3. The molecule has 2 aromatic heterocycles. The number of halogens is 2. The molecule has 6 heteroatoms. The van der Waals surface area contributed by atoms with E-state index >= 15 is 0 Å². The van der Waals surface area contributed by atoms with Crippen molar-refractivity contribution in [3.63, 3.8) is 0 Å². The van der Waals surface area contributed by atoms with Crippen LogP contribution in [0.25, 0.3) is 5.82 Å². The minimum atomic E-state index is 0.441. The van der Waals surface area contributed by atoms with Crippen molar-refractivity contribution in [2.75, 3.05) is 0 Å². The third-order valence-corrected chi connectivity index (χ3v) is 3.20. The van der Waals surface area contributed by atoms with Crippen LogP contribution in [-0.4, -0.2) is 20.8 Å². The number of pyridine rings is 1. The van der Waals surface area contributed by atoms with Crippen molar-refractivity contribution < 1.29 is 0 Å². The van der Waals surface area contributed by atoms with Gasteiger partial charge in [0.2, 0.25) is 0 Å². The molecule has 0 fully saturated rings. The highest BCUT2D eigenvalue weighted by Crippen LogP contribution is 2.19. The van der Waals surface area contributed by atoms with Gasteiger partial charge in [0.25, 0.3) is 0 Å². The van der Waals surface area contributed by atoms with Crippen LogP contribution in [0.5, 0.6) is 0 Å². The first-order chi connectivity index (χ1) is 8.56. The third kappa shape index (κ3) is 3.43. The minimum Gasteiger partial charge on any atom is -0.310 e. The van der Waals surface area contributed by atoms with Gasteiger partial charge >= 0.3 is 0 Å². The standard InChI is InChI=1S/C12H14ClIN4/c1-8(2)15-4-9-3-11(13)12(16-5-9)18-7-10(14)6-17-18/h3,5-8,15H,4H2,1-2H3. The molecular weight excluding hydrogens is 363 g/mol. The fourth-order valence-corrected chi connectivity index (χ4v) is 2.14. The summed E-state index contributed by atoms with van der Waals surface area (Å²) < 4.78 is 2.74. The van der Waals surface area contributed by atoms with Gasteiger partial charge in [-0.25, -0.2) is 9.67 Å². The van der Waals surface area contributed by atoms with Gasteiger partial charge in [0.15, 0.2) is 5.82 Å². The molecule has 0 radical (unpaired) electrons. The molecule has 0 bridgehead atoms. The van der Waals surface area contributed by atoms with Crippen molar-refractivity contribution >= 4 is 34.2 Å². The molecule has 0 aliphatic rings. The van der Waals surface area contributed by atoms with Crippen LogP contribution in [0.4, 0.5) is 0 Å². The van der Waals surface area contributed by atoms with Gasteiger partial charge in [-0.15, -0.1) is 0 Å². The maximum atomic E-state index is 6.23. The van der Waals surface area contributed by atoms with Crippen molar-refractivity contribution in [1.29, 1.82) is 0 Å². The second-order valence-corrected chi connectivity index (χ2v) is 5.94. The summed E-state index contributed by atoms with van der Waals surface area (Å²) in [6.07, 6.45) is 5.48. The second-order valence-electron chi connectivity index (χ2n) is 4.29. The van der Waals surface area contributed by atoms with Gasteiger partial charge in [0, 0.05) is 25.0 Å². The van der Waals surface area contributed by atoms with Gasteiger partial charge < -0.3 is 5.32 Å². The highest BCUT2D eigenvalue weighted by atomic mass is 127. The van der Waals surface area contributed by atoms with Crippen molar-refractivity contribution in [2.24, 2.45) is 0 Å². The quantitative estimate of drug-likeness (QED) is 0.834. The molecule has 2 rings (SSSR count). The van der Waals surface area contributed by atoms with Crippen molar-refractivity contribution in [1.82, 2.24) is 20.1 Å². The molecule has 4 nitrogen and oxygen atoms in total. The van der Waals surface area contributed by atoms with Gasteiger partial charge in [-0.3, -0.25) is 0 Å². The third-order valence-electron chi connectivity index (χ3n) is 2.36. The minimum absolute atomic E-state index is 0.441. The van der Waals surface area contributed by atoms with Crippen LogP contribution < -0.4 is 5.32 Å². The molecule has 0 spiro atoms. The van der Waals surface area contributed by atoms with Crippen LogP contribution in [0.15, 0.2) is 24.7 Å². The SMILES string of the molecule is CC(C)NCc1cnc(-n2cc(I)cn2)c(Cl)c1. The van der Waals surface area contributed by atoms with E-state index < -0.39 is 0 Å². The number of hydrogen-bond donors (Lipinski definition) is 1. The number of hydrogen-bond acceptors (Lipinski definition) is 3. The van der Waals surface area contributed by atoms with E-state index in [1.54, 1.807) is 10.9 Å². The first-order valence-electron chi connectivity index (χ1n) is 5.64. The molecule has 0 aliphatic carbocycles. The first kappa shape index (κ1) is 13.8. The number of nitrogens with zero attached hydrogens (tertiary/aromatic N) is 3. The fraction of sp³-hybridized carbons (Fsp3) is 0.333. The van der Waals surface area contributed by atoms with Crippen LogP contribution in [0.2, 0.25) is 5.02 Å². The Morgan fingerprint density at radius 2 is 2.22 bits per heavy atom. The molecule has 0 unspecified atom stereocenters. The molecule has 2 aromatic rings. The average molecular weight is 377 g/mol. The number of rotatable bonds is 4. The van der Waals surface area contributed by atoms with E-state index in [4.69, 9.17) is 11.6 Å². The summed E-state index contributed by atoms with van der Waals surface area (Å²) in [6, 6.07) is 2.37. The largest absolute Gasteiger partial charge is 0.310 e. The topological polar surface area (TPSA) is 42.7 Å². The van der Waals surface area contributed by atoms with E-state index in [9.17, 15) is 0 Å². The zero-order chi connectivity index (χ0) is 13.1. The summed E-state index contributed by atoms with van der Waals surface area (Å²) in [5.41, 5.74) is 1.07. The Bertz CT molecular complexity index is 539. The Balaban J connectivity index is 2.20. The molecule has 18 heavy (non-hydrogen) atoms. The number of nitrogens with one attached hydrogen (secondary N) is 1. The molecule has 0 saturated carbocycles. The maximum absolute atomic E-state index is 6.23. The fourth-order valence-electron chi connectivity index (χ4n) is 1.47. The molecule has 96 valence electrons. The second kappa shape index (κ2) is 5.99. The van der Waals surface area contributed by atoms with Crippen LogP contribution in [0, 0.1) is 3.57 Å². The van der Waals surface area contributed by atoms with Gasteiger partial charge in [0.05, 0.1) is 14.8 Å². The summed E-state index contributed by atoms with van der Waals surface area (Å²) in [6.45, 7) is 4.98. The molecule has 0 atom stereocenters. The summed E-state index contributed by atoms with van der Waals surface area (Å²) >= 11 is 8.44. The Hall–Kier alpha value is -0.660. The van der Waals surface area contributed by atoms with Gasteiger partial charge in [-0.05, 0) is 34.2 Å². The van der Waals surface area contributed by atoms with E-state index in [0.29, 0.717) is 16.9 Å². The molecule has 0 aromatic carbocycles. The monoisotopic (exact) mass is 376 g/mol. The smallest absolute Gasteiger partial charge is 0.172 e. The lowest BCUT2D eigenvalue weighted by Gasteiger charge is -2.09. The molecule has 2 heterocycles. The van der Waals surface area contributed by atoms with E-state index in [2.05, 4.69) is 51.8 Å². The van der Waals surface area contributed by atoms with E-state index in [1.807, 2.05) is 18.5 Å². The van der Waals surface area contributed by atoms with Crippen LogP contribution in [0.3, 0.4) is 0 Å². The Kier molecular flexibility index (Phi) is 4.58. The lowest BCUT2D eigenvalue weighted by Crippen LogP contribution is -2.22. The zero-order valence-electron chi connectivity index (χ0n) is 10.2. The predicted octanol–water partition coefficient (Wildman–Crippen LogP) is 3.02. The van der Waals surface area contributed by atoms with Crippen LogP contribution >= 0.6 is 34.2 Å². The van der Waals surface area contributed by atoms with Gasteiger partial charge in [0.1, 0.15) is 0 Å². The summed E-state index contributed by atoms with van der Waals surface area (Å²) in [5.74, 6) is 0.660. The van der Waals surface area contributed by atoms with E-state index in [-0.39, 0.29) is 0 Å². The van der Waals surface area contributed by atoms with Gasteiger partial charge in [-0.2, -0.15) is 5.10 Å². The Morgan fingerprint density at radius 3 is 2.78 bits per heavy atom. The van der Waals surface area contributed by atoms with Crippen molar-refractivity contribution in [3.05, 3.63) is 38.8 Å². The normalized spacial score (nSPS) is 11.2.